The fourth-order valence-corrected chi connectivity index (χ4v) is 5.66. The van der Waals surface area contributed by atoms with E-state index in [1.165, 1.54) is 25.1 Å². The summed E-state index contributed by atoms with van der Waals surface area (Å²) in [6, 6.07) is 9.49. The molecule has 2 bridgehead atoms. The molecule has 3 saturated carbocycles. The molecule has 2 nitrogen and oxygen atoms in total. The molecule has 0 radical (unpaired) electrons. The van der Waals surface area contributed by atoms with E-state index >= 15 is 4.39 Å². The number of hydrogen-bond donors (Lipinski definition) is 0. The molecule has 0 N–H and O–H groups in total. The van der Waals surface area contributed by atoms with Crippen LogP contribution in [0.2, 0.25) is 0 Å². The van der Waals surface area contributed by atoms with E-state index in [0.717, 1.165) is 17.7 Å². The van der Waals surface area contributed by atoms with Crippen LogP contribution in [0.25, 0.3) is 0 Å². The Labute approximate surface area is 175 Å². The first kappa shape index (κ1) is 20.7. The minimum atomic E-state index is -4.41. The zero-order valence-electron chi connectivity index (χ0n) is 16.7. The van der Waals surface area contributed by atoms with Crippen LogP contribution in [0.15, 0.2) is 42.5 Å². The van der Waals surface area contributed by atoms with Gasteiger partial charge in [-0.3, -0.25) is 0 Å². The molecule has 6 rings (SSSR count). The highest BCUT2D eigenvalue weighted by molar-refractivity contribution is 5.46. The Morgan fingerprint density at radius 1 is 0.968 bits per heavy atom. The van der Waals surface area contributed by atoms with Crippen molar-refractivity contribution in [3.05, 3.63) is 65.2 Å². The van der Waals surface area contributed by atoms with E-state index in [2.05, 4.69) is 0 Å². The van der Waals surface area contributed by atoms with Gasteiger partial charge in [-0.05, 0) is 55.4 Å². The molecular weight excluding hydrogens is 422 g/mol. The second-order valence-corrected chi connectivity index (χ2v) is 9.26. The third-order valence-electron chi connectivity index (χ3n) is 7.45. The largest absolute Gasteiger partial charge is 0.484 e. The van der Waals surface area contributed by atoms with Crippen molar-refractivity contribution in [2.75, 3.05) is 13.2 Å². The Morgan fingerprint density at radius 2 is 1.58 bits per heavy atom. The second kappa shape index (κ2) is 6.18. The summed E-state index contributed by atoms with van der Waals surface area (Å²) in [7, 11) is 0. The molecule has 1 saturated heterocycles. The van der Waals surface area contributed by atoms with Crippen molar-refractivity contribution in [2.45, 2.75) is 49.0 Å². The predicted octanol–water partition coefficient (Wildman–Crippen LogP) is 5.98. The van der Waals surface area contributed by atoms with E-state index in [4.69, 9.17) is 9.47 Å². The lowest BCUT2D eigenvalue weighted by molar-refractivity contribution is -0.247. The number of hydrogen-bond acceptors (Lipinski definition) is 2. The van der Waals surface area contributed by atoms with Crippen LogP contribution in [-0.2, 0) is 15.8 Å². The van der Waals surface area contributed by atoms with Crippen LogP contribution in [0.3, 0.4) is 0 Å². The van der Waals surface area contributed by atoms with Crippen molar-refractivity contribution in [3.8, 4) is 5.75 Å². The van der Waals surface area contributed by atoms with Crippen LogP contribution < -0.4 is 4.74 Å². The molecule has 0 amide bonds. The zero-order chi connectivity index (χ0) is 22.3. The van der Waals surface area contributed by atoms with Gasteiger partial charge in [0.25, 0.3) is 0 Å². The molecule has 1 aliphatic heterocycles. The fraction of sp³-hybridized carbons (Fsp3) is 0.478. The molecule has 0 spiro atoms. The quantitative estimate of drug-likeness (QED) is 0.406. The molecule has 2 aromatic rings. The van der Waals surface area contributed by atoms with Gasteiger partial charge in [-0.15, -0.1) is 0 Å². The molecule has 1 heterocycles. The molecule has 2 aromatic carbocycles. The van der Waals surface area contributed by atoms with Crippen LogP contribution in [0.4, 0.5) is 26.3 Å². The molecule has 2 unspecified atom stereocenters. The van der Waals surface area contributed by atoms with Gasteiger partial charge in [-0.1, -0.05) is 18.2 Å². The number of epoxide rings is 1. The minimum absolute atomic E-state index is 0.0303. The average molecular weight is 442 g/mol. The summed E-state index contributed by atoms with van der Waals surface area (Å²) >= 11 is 0. The number of ether oxygens (including phenoxy) is 2. The molecule has 4 aliphatic rings. The maximum atomic E-state index is 16.2. The lowest BCUT2D eigenvalue weighted by Gasteiger charge is -2.75. The Kier molecular flexibility index (Phi) is 4.12. The second-order valence-electron chi connectivity index (χ2n) is 9.26. The van der Waals surface area contributed by atoms with Gasteiger partial charge >= 0.3 is 6.18 Å². The molecule has 3 aliphatic carbocycles. The maximum Gasteiger partial charge on any atom is 0.422 e. The van der Waals surface area contributed by atoms with E-state index in [1.54, 1.807) is 12.1 Å². The third kappa shape index (κ3) is 2.90. The molecular formula is C23H20F6O2. The standard InChI is InChI=1S/C23H20F6O2/c1-19(26,22(12-31-22)17-7-4-15(24)8-18(17)25)21-9-20(10-21,11-21)14-2-5-16(6-3-14)30-13-23(27,28)29/h2-8H,9-13H2,1H3. The number of halogens is 6. The van der Waals surface area contributed by atoms with Gasteiger partial charge in [0, 0.05) is 17.0 Å². The summed E-state index contributed by atoms with van der Waals surface area (Å²) in [5.41, 5.74) is -3.25. The predicted molar refractivity (Wildman–Crippen MR) is 99.5 cm³/mol. The Hall–Kier alpha value is -2.22. The van der Waals surface area contributed by atoms with E-state index in [1.807, 2.05) is 0 Å². The lowest BCUT2D eigenvalue weighted by atomic mass is 9.29. The van der Waals surface area contributed by atoms with Crippen molar-refractivity contribution in [1.82, 2.24) is 0 Å². The van der Waals surface area contributed by atoms with Gasteiger partial charge in [-0.2, -0.15) is 13.2 Å². The topological polar surface area (TPSA) is 21.8 Å². The smallest absolute Gasteiger partial charge is 0.422 e. The van der Waals surface area contributed by atoms with Crippen molar-refractivity contribution in [3.63, 3.8) is 0 Å². The van der Waals surface area contributed by atoms with Crippen LogP contribution in [0.1, 0.15) is 37.3 Å². The summed E-state index contributed by atoms with van der Waals surface area (Å²) in [5, 5.41) is 0. The van der Waals surface area contributed by atoms with E-state index in [9.17, 15) is 22.0 Å². The highest BCUT2D eigenvalue weighted by Crippen LogP contribution is 2.81. The van der Waals surface area contributed by atoms with Crippen molar-refractivity contribution >= 4 is 0 Å². The summed E-state index contributed by atoms with van der Waals surface area (Å²) < 4.78 is 91.0. The highest BCUT2D eigenvalue weighted by Gasteiger charge is 2.82. The normalized spacial score (nSPS) is 33.1. The van der Waals surface area contributed by atoms with E-state index in [0.29, 0.717) is 19.3 Å². The molecule has 2 atom stereocenters. The molecule has 166 valence electrons. The summed E-state index contributed by atoms with van der Waals surface area (Å²) in [6.45, 7) is 0.103. The highest BCUT2D eigenvalue weighted by atomic mass is 19.4. The van der Waals surface area contributed by atoms with Gasteiger partial charge in [0.05, 0.1) is 6.61 Å². The first-order valence-electron chi connectivity index (χ1n) is 10.0. The maximum absolute atomic E-state index is 16.2. The molecule has 8 heteroatoms. The summed E-state index contributed by atoms with van der Waals surface area (Å²) in [6.07, 6.45) is -2.81. The first-order chi connectivity index (χ1) is 14.4. The first-order valence-corrected chi connectivity index (χ1v) is 10.0. The van der Waals surface area contributed by atoms with Gasteiger partial charge in [0.15, 0.2) is 12.2 Å². The Morgan fingerprint density at radius 3 is 2.10 bits per heavy atom. The molecule has 0 aromatic heterocycles. The zero-order valence-corrected chi connectivity index (χ0v) is 16.7. The monoisotopic (exact) mass is 442 g/mol. The van der Waals surface area contributed by atoms with E-state index < -0.39 is 41.1 Å². The van der Waals surface area contributed by atoms with Crippen molar-refractivity contribution in [1.29, 1.82) is 0 Å². The fourth-order valence-electron chi connectivity index (χ4n) is 5.66. The summed E-state index contributed by atoms with van der Waals surface area (Å²) in [5.74, 6) is -1.43. The summed E-state index contributed by atoms with van der Waals surface area (Å²) in [4.78, 5) is 0. The Bertz CT molecular complexity index is 1000. The third-order valence-corrected chi connectivity index (χ3v) is 7.45. The van der Waals surface area contributed by atoms with Gasteiger partial charge in [0.1, 0.15) is 23.1 Å². The van der Waals surface area contributed by atoms with Crippen LogP contribution in [-0.4, -0.2) is 25.1 Å². The number of benzene rings is 2. The lowest BCUT2D eigenvalue weighted by Crippen LogP contribution is -2.74. The van der Waals surface area contributed by atoms with Crippen LogP contribution in [0.5, 0.6) is 5.75 Å². The van der Waals surface area contributed by atoms with Crippen molar-refractivity contribution in [2.24, 2.45) is 5.41 Å². The number of rotatable bonds is 6. The van der Waals surface area contributed by atoms with Gasteiger partial charge in [0.2, 0.25) is 0 Å². The van der Waals surface area contributed by atoms with Gasteiger partial charge in [-0.25, -0.2) is 13.2 Å². The SMILES string of the molecule is CC(F)(C12CC(c3ccc(OCC(F)(F)F)cc3)(C1)C2)C1(c2ccc(F)cc2F)CO1. The number of alkyl halides is 4. The average Bonchev–Trinajstić information content (AvgIpc) is 3.40. The molecule has 4 fully saturated rings. The Balaban J connectivity index is 1.31. The van der Waals surface area contributed by atoms with Gasteiger partial charge < -0.3 is 9.47 Å². The molecule has 31 heavy (non-hydrogen) atoms. The van der Waals surface area contributed by atoms with Crippen LogP contribution >= 0.6 is 0 Å². The minimum Gasteiger partial charge on any atom is -0.484 e. The van der Waals surface area contributed by atoms with Crippen LogP contribution in [0, 0.1) is 17.0 Å². The van der Waals surface area contributed by atoms with E-state index in [-0.39, 0.29) is 23.3 Å². The van der Waals surface area contributed by atoms with Crippen molar-refractivity contribution < 1.29 is 35.8 Å².